The van der Waals surface area contributed by atoms with E-state index < -0.39 is 0 Å². The molecule has 0 aliphatic rings. The standard InChI is InChI=1S/2C13H20.C3H8.C2H6/c2*1-9-7-12(13(4,5)6)8-10(2)11(9)3;1-3-2;1-2/h2*7-8H,1-6H3;3H2,1-2H3;1-2H3. The molecule has 2 aromatic rings. The molecule has 2 rings (SSSR count). The molecule has 0 atom stereocenters. The quantitative estimate of drug-likeness (QED) is 0.393. The van der Waals surface area contributed by atoms with Gasteiger partial charge in [-0.1, -0.05) is 99.9 Å². The highest BCUT2D eigenvalue weighted by molar-refractivity contribution is 5.40. The van der Waals surface area contributed by atoms with E-state index in [2.05, 4.69) is 121 Å². The van der Waals surface area contributed by atoms with Crippen molar-refractivity contribution in [3.63, 3.8) is 0 Å². The minimum Gasteiger partial charge on any atom is -0.0683 e. The van der Waals surface area contributed by atoms with Crippen LogP contribution in [0.2, 0.25) is 0 Å². The third kappa shape index (κ3) is 11.0. The van der Waals surface area contributed by atoms with Crippen LogP contribution in [-0.4, -0.2) is 0 Å². The van der Waals surface area contributed by atoms with Crippen molar-refractivity contribution in [3.05, 3.63) is 68.8 Å². The first-order chi connectivity index (χ1) is 14.1. The smallest absolute Gasteiger partial charge is 0.0132 e. The van der Waals surface area contributed by atoms with E-state index in [-0.39, 0.29) is 10.8 Å². The molecular weight excluding hydrogens is 372 g/mol. The maximum Gasteiger partial charge on any atom is -0.0132 e. The van der Waals surface area contributed by atoms with Gasteiger partial charge in [0, 0.05) is 0 Å². The largest absolute Gasteiger partial charge is 0.0683 e. The highest BCUT2D eigenvalue weighted by Gasteiger charge is 2.15. The van der Waals surface area contributed by atoms with Gasteiger partial charge in [-0.25, -0.2) is 0 Å². The molecule has 0 N–H and O–H groups in total. The van der Waals surface area contributed by atoms with Crippen molar-refractivity contribution in [1.29, 1.82) is 0 Å². The maximum absolute atomic E-state index is 2.31. The van der Waals surface area contributed by atoms with Crippen LogP contribution in [0.5, 0.6) is 0 Å². The SMILES string of the molecule is CC.CCC.Cc1cc(C(C)(C)C)cc(C)c1C.Cc1cc(C(C)(C)C)cc(C)c1C. The molecule has 0 fully saturated rings. The zero-order chi connectivity index (χ0) is 25.2. The van der Waals surface area contributed by atoms with Crippen molar-refractivity contribution in [1.82, 2.24) is 0 Å². The molecule has 0 aromatic heterocycles. The van der Waals surface area contributed by atoms with Gasteiger partial charge in [0.15, 0.2) is 0 Å². The summed E-state index contributed by atoms with van der Waals surface area (Å²) in [5, 5.41) is 0. The lowest BCUT2D eigenvalue weighted by molar-refractivity contribution is 0.588. The van der Waals surface area contributed by atoms with Crippen molar-refractivity contribution < 1.29 is 0 Å². The van der Waals surface area contributed by atoms with Crippen LogP contribution in [0.1, 0.15) is 120 Å². The molecule has 0 amide bonds. The molecule has 0 bridgehead atoms. The van der Waals surface area contributed by atoms with Crippen molar-refractivity contribution >= 4 is 0 Å². The minimum absolute atomic E-state index is 0.267. The molecule has 2 aromatic carbocycles. The third-order valence-electron chi connectivity index (χ3n) is 5.59. The number of aryl methyl sites for hydroxylation is 4. The molecule has 0 heterocycles. The van der Waals surface area contributed by atoms with Gasteiger partial charge < -0.3 is 0 Å². The molecule has 0 aliphatic heterocycles. The summed E-state index contributed by atoms with van der Waals surface area (Å²) in [6.07, 6.45) is 1.25. The molecule has 178 valence electrons. The van der Waals surface area contributed by atoms with Crippen LogP contribution in [0.15, 0.2) is 24.3 Å². The molecule has 0 saturated heterocycles. The van der Waals surface area contributed by atoms with E-state index in [1.807, 2.05) is 13.8 Å². The van der Waals surface area contributed by atoms with Gasteiger partial charge in [-0.2, -0.15) is 0 Å². The Labute approximate surface area is 196 Å². The number of rotatable bonds is 0. The average Bonchev–Trinajstić information content (AvgIpc) is 2.64. The first kappa shape index (κ1) is 31.6. The molecule has 31 heavy (non-hydrogen) atoms. The second-order valence-corrected chi connectivity index (χ2v) is 10.7. The molecule has 0 unspecified atom stereocenters. The maximum atomic E-state index is 2.31. The number of benzene rings is 2. The van der Waals surface area contributed by atoms with Gasteiger partial charge in [0.2, 0.25) is 0 Å². The average molecular weight is 427 g/mol. The summed E-state index contributed by atoms with van der Waals surface area (Å²) >= 11 is 0. The van der Waals surface area contributed by atoms with E-state index in [0.717, 1.165) is 0 Å². The number of hydrogen-bond acceptors (Lipinski definition) is 0. The predicted molar refractivity (Wildman–Crippen MR) is 146 cm³/mol. The molecule has 0 saturated carbocycles. The predicted octanol–water partition coefficient (Wildman–Crippen LogP) is 10.3. The lowest BCUT2D eigenvalue weighted by Crippen LogP contribution is -2.12. The third-order valence-corrected chi connectivity index (χ3v) is 5.59. The lowest BCUT2D eigenvalue weighted by Gasteiger charge is -2.21. The summed E-state index contributed by atoms with van der Waals surface area (Å²) in [6, 6.07) is 9.23. The summed E-state index contributed by atoms with van der Waals surface area (Å²) in [5.41, 5.74) is 11.9. The van der Waals surface area contributed by atoms with Gasteiger partial charge in [0.1, 0.15) is 0 Å². The first-order valence-corrected chi connectivity index (χ1v) is 12.2. The summed E-state index contributed by atoms with van der Waals surface area (Å²) in [7, 11) is 0. The Morgan fingerprint density at radius 2 is 0.645 bits per heavy atom. The summed E-state index contributed by atoms with van der Waals surface area (Å²) in [4.78, 5) is 0. The monoisotopic (exact) mass is 426 g/mol. The Balaban J connectivity index is 0. The summed E-state index contributed by atoms with van der Waals surface area (Å²) < 4.78 is 0. The van der Waals surface area contributed by atoms with E-state index in [4.69, 9.17) is 0 Å². The van der Waals surface area contributed by atoms with Gasteiger partial charge in [0.05, 0.1) is 0 Å². The molecule has 0 aliphatic carbocycles. The van der Waals surface area contributed by atoms with E-state index in [9.17, 15) is 0 Å². The van der Waals surface area contributed by atoms with Crippen LogP contribution in [0, 0.1) is 41.5 Å². The Bertz CT molecular complexity index is 663. The highest BCUT2D eigenvalue weighted by Crippen LogP contribution is 2.27. The van der Waals surface area contributed by atoms with E-state index >= 15 is 0 Å². The zero-order valence-corrected chi connectivity index (χ0v) is 24.0. The van der Waals surface area contributed by atoms with E-state index in [0.29, 0.717) is 0 Å². The summed E-state index contributed by atoms with van der Waals surface area (Å²) in [5.74, 6) is 0. The summed E-state index contributed by atoms with van der Waals surface area (Å²) in [6.45, 7) is 35.0. The second kappa shape index (κ2) is 13.8. The molecular formula is C31H54. The van der Waals surface area contributed by atoms with Crippen LogP contribution in [0.25, 0.3) is 0 Å². The van der Waals surface area contributed by atoms with E-state index in [1.165, 1.54) is 50.9 Å². The van der Waals surface area contributed by atoms with Gasteiger partial charge in [0.25, 0.3) is 0 Å². The Hall–Kier alpha value is -1.56. The van der Waals surface area contributed by atoms with Crippen molar-refractivity contribution in [2.24, 2.45) is 0 Å². The number of hydrogen-bond donors (Lipinski definition) is 0. The normalized spacial score (nSPS) is 10.7. The van der Waals surface area contributed by atoms with Gasteiger partial charge in [-0.15, -0.1) is 0 Å². The van der Waals surface area contributed by atoms with Crippen LogP contribution < -0.4 is 0 Å². The van der Waals surface area contributed by atoms with Crippen LogP contribution in [0.4, 0.5) is 0 Å². The Morgan fingerprint density at radius 3 is 0.774 bits per heavy atom. The highest BCUT2D eigenvalue weighted by atomic mass is 14.2. The minimum atomic E-state index is 0.267. The topological polar surface area (TPSA) is 0 Å². The lowest BCUT2D eigenvalue weighted by atomic mass is 9.84. The van der Waals surface area contributed by atoms with Crippen LogP contribution in [-0.2, 0) is 10.8 Å². The van der Waals surface area contributed by atoms with Gasteiger partial charge >= 0.3 is 0 Å². The van der Waals surface area contributed by atoms with Crippen molar-refractivity contribution in [3.8, 4) is 0 Å². The molecule has 0 heteroatoms. The fourth-order valence-electron chi connectivity index (χ4n) is 2.94. The molecule has 0 nitrogen and oxygen atoms in total. The zero-order valence-electron chi connectivity index (χ0n) is 24.0. The fourth-order valence-corrected chi connectivity index (χ4v) is 2.94. The fraction of sp³-hybridized carbons (Fsp3) is 0.613. The van der Waals surface area contributed by atoms with Crippen LogP contribution in [0.3, 0.4) is 0 Å². The van der Waals surface area contributed by atoms with E-state index in [1.54, 1.807) is 0 Å². The second-order valence-electron chi connectivity index (χ2n) is 10.7. The molecule has 0 radical (unpaired) electrons. The van der Waals surface area contributed by atoms with Gasteiger partial charge in [-0.05, 0) is 96.9 Å². The first-order valence-electron chi connectivity index (χ1n) is 12.2. The Morgan fingerprint density at radius 1 is 0.484 bits per heavy atom. The van der Waals surface area contributed by atoms with Crippen molar-refractivity contribution in [2.45, 2.75) is 128 Å². The van der Waals surface area contributed by atoms with Crippen LogP contribution >= 0.6 is 0 Å². The van der Waals surface area contributed by atoms with Gasteiger partial charge in [-0.3, -0.25) is 0 Å². The molecule has 0 spiro atoms. The Kier molecular flexibility index (Phi) is 14.0. The van der Waals surface area contributed by atoms with Crippen molar-refractivity contribution in [2.75, 3.05) is 0 Å².